The molecule has 1 amide bonds. The van der Waals surface area contributed by atoms with Crippen molar-refractivity contribution in [1.82, 2.24) is 19.8 Å². The molecule has 0 aromatic carbocycles. The lowest BCUT2D eigenvalue weighted by molar-refractivity contribution is 0.00660. The summed E-state index contributed by atoms with van der Waals surface area (Å²) in [5.41, 5.74) is 1.35. The summed E-state index contributed by atoms with van der Waals surface area (Å²) in [5.74, 6) is 0.694. The van der Waals surface area contributed by atoms with E-state index in [1.807, 2.05) is 32.9 Å². The summed E-state index contributed by atoms with van der Waals surface area (Å²) >= 11 is 0. The van der Waals surface area contributed by atoms with E-state index in [0.717, 1.165) is 30.7 Å². The lowest BCUT2D eigenvalue weighted by Gasteiger charge is -2.40. The summed E-state index contributed by atoms with van der Waals surface area (Å²) in [5, 5.41) is 10.3. The second-order valence-electron chi connectivity index (χ2n) is 9.43. The molecule has 9 nitrogen and oxygen atoms in total. The van der Waals surface area contributed by atoms with Gasteiger partial charge in [0.25, 0.3) is 0 Å². The van der Waals surface area contributed by atoms with Crippen LogP contribution in [0.15, 0.2) is 36.9 Å². The van der Waals surface area contributed by atoms with Gasteiger partial charge in [0.1, 0.15) is 29.1 Å². The van der Waals surface area contributed by atoms with Crippen LogP contribution in [-0.2, 0) is 9.47 Å². The van der Waals surface area contributed by atoms with Crippen LogP contribution in [-0.4, -0.2) is 83.4 Å². The Labute approximate surface area is 194 Å². The van der Waals surface area contributed by atoms with Crippen molar-refractivity contribution in [3.8, 4) is 6.07 Å². The highest BCUT2D eigenvalue weighted by Gasteiger charge is 2.30. The molecular weight excluding hydrogens is 420 g/mol. The number of piperazine rings is 1. The fourth-order valence-corrected chi connectivity index (χ4v) is 4.23. The quantitative estimate of drug-likeness (QED) is 0.705. The molecule has 2 aliphatic heterocycles. The number of aromatic nitrogens is 2. The second-order valence-corrected chi connectivity index (χ2v) is 9.43. The van der Waals surface area contributed by atoms with Gasteiger partial charge in [-0.3, -0.25) is 9.88 Å². The summed E-state index contributed by atoms with van der Waals surface area (Å²) in [6, 6.07) is 5.94. The molecule has 0 unspecified atom stereocenters. The fraction of sp³-hybridized carbons (Fsp3) is 0.500. The Kier molecular flexibility index (Phi) is 6.38. The van der Waals surface area contributed by atoms with E-state index in [2.05, 4.69) is 32.4 Å². The van der Waals surface area contributed by atoms with Gasteiger partial charge in [0.15, 0.2) is 5.69 Å². The topological polar surface area (TPSA) is 94.8 Å². The maximum atomic E-state index is 12.3. The van der Waals surface area contributed by atoms with E-state index in [0.29, 0.717) is 43.1 Å². The van der Waals surface area contributed by atoms with Gasteiger partial charge in [-0.2, -0.15) is 5.26 Å². The highest BCUT2D eigenvalue weighted by atomic mass is 16.6. The van der Waals surface area contributed by atoms with Crippen molar-refractivity contribution in [2.45, 2.75) is 32.5 Å². The molecule has 2 saturated heterocycles. The maximum absolute atomic E-state index is 12.3. The third kappa shape index (κ3) is 5.34. The number of amides is 1. The standard InChI is InChI=1S/C24H30N6O3/c1-17-14-30(21-13-27-20(12-25)22-19(21)6-5-7-26-22)16-18(32-17)15-28-8-10-29(11-9-28)23(31)33-24(2,3)4/h5-7,13,18H,1,8-11,14-16H2,2-4H3/t18-/m0/s1. The highest BCUT2D eigenvalue weighted by molar-refractivity contribution is 5.93. The highest BCUT2D eigenvalue weighted by Crippen LogP contribution is 2.29. The number of carbonyl (C=O) groups is 1. The SMILES string of the molecule is C=C1CN(c2cnc(C#N)c3ncccc23)C[C@H](CN2CCN(C(=O)OC(C)(C)C)CC2)O1. The average Bonchev–Trinajstić information content (AvgIpc) is 2.77. The monoisotopic (exact) mass is 450 g/mol. The van der Waals surface area contributed by atoms with Gasteiger partial charge in [-0.15, -0.1) is 0 Å². The maximum Gasteiger partial charge on any atom is 0.410 e. The van der Waals surface area contributed by atoms with Gasteiger partial charge in [-0.1, -0.05) is 6.58 Å². The van der Waals surface area contributed by atoms with Crippen LogP contribution in [0.2, 0.25) is 0 Å². The molecule has 4 heterocycles. The van der Waals surface area contributed by atoms with Crippen molar-refractivity contribution < 1.29 is 14.3 Å². The molecule has 4 rings (SSSR count). The first kappa shape index (κ1) is 22.8. The van der Waals surface area contributed by atoms with Crippen LogP contribution in [0.1, 0.15) is 26.5 Å². The molecule has 0 radical (unpaired) electrons. The number of hydrogen-bond acceptors (Lipinski definition) is 8. The normalized spacial score (nSPS) is 19.8. The molecular formula is C24H30N6O3. The van der Waals surface area contributed by atoms with Crippen molar-refractivity contribution in [1.29, 1.82) is 5.26 Å². The summed E-state index contributed by atoms with van der Waals surface area (Å²) in [6.07, 6.45) is 3.08. The van der Waals surface area contributed by atoms with E-state index in [1.54, 1.807) is 17.3 Å². The van der Waals surface area contributed by atoms with Gasteiger partial charge in [0, 0.05) is 44.3 Å². The zero-order chi connectivity index (χ0) is 23.6. The predicted molar refractivity (Wildman–Crippen MR) is 125 cm³/mol. The Bertz CT molecular complexity index is 1080. The van der Waals surface area contributed by atoms with Crippen LogP contribution in [0.4, 0.5) is 10.5 Å². The van der Waals surface area contributed by atoms with Crippen LogP contribution < -0.4 is 4.90 Å². The van der Waals surface area contributed by atoms with Crippen molar-refractivity contribution >= 4 is 22.7 Å². The van der Waals surface area contributed by atoms with E-state index >= 15 is 0 Å². The minimum absolute atomic E-state index is 0.0679. The minimum Gasteiger partial charge on any atom is -0.490 e. The zero-order valence-corrected chi connectivity index (χ0v) is 19.5. The third-order valence-electron chi connectivity index (χ3n) is 5.68. The van der Waals surface area contributed by atoms with Gasteiger partial charge in [0.2, 0.25) is 0 Å². The molecule has 1 atom stereocenters. The number of fused-ring (bicyclic) bond motifs is 1. The molecule has 2 aromatic rings. The van der Waals surface area contributed by atoms with Crippen LogP contribution in [0.5, 0.6) is 0 Å². The van der Waals surface area contributed by atoms with Crippen molar-refractivity contribution in [3.63, 3.8) is 0 Å². The third-order valence-corrected chi connectivity index (χ3v) is 5.68. The van der Waals surface area contributed by atoms with Gasteiger partial charge in [0.05, 0.1) is 25.0 Å². The Hall–Kier alpha value is -3.38. The summed E-state index contributed by atoms with van der Waals surface area (Å²) in [6.45, 7) is 14.4. The Morgan fingerprint density at radius 3 is 2.76 bits per heavy atom. The predicted octanol–water partition coefficient (Wildman–Crippen LogP) is 2.77. The zero-order valence-electron chi connectivity index (χ0n) is 19.5. The molecule has 174 valence electrons. The van der Waals surface area contributed by atoms with Crippen molar-refractivity contribution in [2.24, 2.45) is 0 Å². The summed E-state index contributed by atoms with van der Waals surface area (Å²) in [4.78, 5) is 27.3. The first-order valence-corrected chi connectivity index (χ1v) is 11.2. The Morgan fingerprint density at radius 1 is 1.30 bits per heavy atom. The van der Waals surface area contributed by atoms with E-state index in [9.17, 15) is 10.1 Å². The van der Waals surface area contributed by atoms with Crippen LogP contribution in [0.25, 0.3) is 10.9 Å². The van der Waals surface area contributed by atoms with Crippen molar-refractivity contribution in [2.75, 3.05) is 50.7 Å². The number of nitriles is 1. The first-order chi connectivity index (χ1) is 15.7. The van der Waals surface area contributed by atoms with Gasteiger partial charge < -0.3 is 19.3 Å². The van der Waals surface area contributed by atoms with Crippen LogP contribution in [0.3, 0.4) is 0 Å². The molecule has 2 fully saturated rings. The number of carbonyl (C=O) groups excluding carboxylic acids is 1. The molecule has 0 spiro atoms. The number of nitrogens with zero attached hydrogens (tertiary/aromatic N) is 6. The van der Waals surface area contributed by atoms with Gasteiger partial charge in [-0.25, -0.2) is 9.78 Å². The molecule has 0 saturated carbocycles. The smallest absolute Gasteiger partial charge is 0.410 e. The van der Waals surface area contributed by atoms with Gasteiger partial charge in [-0.05, 0) is 32.9 Å². The van der Waals surface area contributed by atoms with E-state index in [4.69, 9.17) is 9.47 Å². The molecule has 0 N–H and O–H groups in total. The summed E-state index contributed by atoms with van der Waals surface area (Å²) in [7, 11) is 0. The first-order valence-electron chi connectivity index (χ1n) is 11.2. The van der Waals surface area contributed by atoms with E-state index in [1.165, 1.54) is 0 Å². The van der Waals surface area contributed by atoms with Gasteiger partial charge >= 0.3 is 6.09 Å². The van der Waals surface area contributed by atoms with Crippen LogP contribution in [0, 0.1) is 11.3 Å². The average molecular weight is 451 g/mol. The number of pyridine rings is 2. The van der Waals surface area contributed by atoms with E-state index in [-0.39, 0.29) is 12.2 Å². The summed E-state index contributed by atoms with van der Waals surface area (Å²) < 4.78 is 11.6. The molecule has 2 aliphatic rings. The minimum atomic E-state index is -0.492. The number of anilines is 1. The number of ether oxygens (including phenoxy) is 2. The number of hydrogen-bond donors (Lipinski definition) is 0. The molecule has 0 aliphatic carbocycles. The number of rotatable bonds is 3. The number of morpholine rings is 1. The molecule has 2 aromatic heterocycles. The van der Waals surface area contributed by atoms with Crippen LogP contribution >= 0.6 is 0 Å². The Balaban J connectivity index is 1.41. The second kappa shape index (κ2) is 9.24. The van der Waals surface area contributed by atoms with E-state index < -0.39 is 5.60 Å². The lowest BCUT2D eigenvalue weighted by atomic mass is 10.1. The Morgan fingerprint density at radius 2 is 2.06 bits per heavy atom. The molecule has 0 bridgehead atoms. The molecule has 33 heavy (non-hydrogen) atoms. The fourth-order valence-electron chi connectivity index (χ4n) is 4.23. The lowest BCUT2D eigenvalue weighted by Crippen LogP contribution is -2.53. The largest absolute Gasteiger partial charge is 0.490 e. The molecule has 9 heteroatoms. The van der Waals surface area contributed by atoms with Crippen molar-refractivity contribution in [3.05, 3.63) is 42.6 Å².